The Hall–Kier alpha value is -1.92. The van der Waals surface area contributed by atoms with Gasteiger partial charge in [0.05, 0.1) is 0 Å². The number of ketones is 1. The van der Waals surface area contributed by atoms with Crippen molar-refractivity contribution in [2.24, 2.45) is 0 Å². The van der Waals surface area contributed by atoms with Crippen LogP contribution >= 0.6 is 0 Å². The summed E-state index contributed by atoms with van der Waals surface area (Å²) >= 11 is 0. The van der Waals surface area contributed by atoms with Crippen LogP contribution in [0.3, 0.4) is 0 Å². The van der Waals surface area contributed by atoms with Crippen LogP contribution in [0.1, 0.15) is 23.8 Å². The van der Waals surface area contributed by atoms with E-state index >= 15 is 0 Å². The minimum absolute atomic E-state index is 0.0326. The third kappa shape index (κ3) is 2.27. The van der Waals surface area contributed by atoms with Crippen molar-refractivity contribution in [3.05, 3.63) is 23.8 Å². The van der Waals surface area contributed by atoms with Crippen molar-refractivity contribution in [2.75, 3.05) is 0 Å². The molecule has 1 aromatic carbocycles. The number of fused-ring (bicyclic) bond motifs is 1. The summed E-state index contributed by atoms with van der Waals surface area (Å²) in [6.07, 6.45) is 0. The predicted molar refractivity (Wildman–Crippen MR) is 56.4 cm³/mol. The summed E-state index contributed by atoms with van der Waals surface area (Å²) in [6, 6.07) is 4.48. The van der Waals surface area contributed by atoms with Crippen LogP contribution in [0.15, 0.2) is 18.2 Å². The highest BCUT2D eigenvalue weighted by Gasteiger charge is 2.54. The van der Waals surface area contributed by atoms with Gasteiger partial charge in [0.15, 0.2) is 5.75 Å². The lowest BCUT2D eigenvalue weighted by atomic mass is 10.0. The highest BCUT2D eigenvalue weighted by atomic mass is 19.3. The van der Waals surface area contributed by atoms with E-state index in [2.05, 4.69) is 9.00 Å². The van der Waals surface area contributed by atoms with Crippen molar-refractivity contribution in [3.63, 3.8) is 0 Å². The molecule has 0 aromatic heterocycles. The standard InChI is InChI=1S/C10H9BF2O4/c1-6-8-4-3-5-9(15-7(2)14)10(8)17-11(12,13)16-6/h3-5H,1-2H3. The van der Waals surface area contributed by atoms with Gasteiger partial charge in [-0.2, -0.15) is 0 Å². The van der Waals surface area contributed by atoms with Crippen LogP contribution in [0.25, 0.3) is 0 Å². The quantitative estimate of drug-likeness (QED) is 0.328. The molecule has 0 saturated heterocycles. The molecule has 0 amide bonds. The molecule has 1 aliphatic rings. The van der Waals surface area contributed by atoms with Gasteiger partial charge in [-0.1, -0.05) is 6.07 Å². The van der Waals surface area contributed by atoms with Gasteiger partial charge >= 0.3 is 13.1 Å². The molecule has 0 N–H and O–H groups in total. The summed E-state index contributed by atoms with van der Waals surface area (Å²) in [4.78, 5) is 10.8. The second-order valence-electron chi connectivity index (χ2n) is 3.55. The van der Waals surface area contributed by atoms with Gasteiger partial charge in [-0.3, -0.25) is 4.79 Å². The first-order chi connectivity index (χ1) is 7.89. The molecule has 0 unspecified atom stereocenters. The normalized spacial score (nSPS) is 16.6. The second-order valence-corrected chi connectivity index (χ2v) is 3.55. The zero-order chi connectivity index (χ0) is 12.6. The number of benzene rings is 1. The topological polar surface area (TPSA) is 46.8 Å². The first kappa shape index (κ1) is 11.6. The predicted octanol–water partition coefficient (Wildman–Crippen LogP) is 2.12. The first-order valence-electron chi connectivity index (χ1n) is 4.92. The van der Waals surface area contributed by atoms with Crippen molar-refractivity contribution in [1.82, 2.24) is 0 Å². The molecule has 90 valence electrons. The van der Waals surface area contributed by atoms with Crippen molar-refractivity contribution >= 4 is 18.9 Å². The van der Waals surface area contributed by atoms with Crippen molar-refractivity contribution in [2.45, 2.75) is 13.8 Å². The number of carbonyl (C=O) groups is 1. The van der Waals surface area contributed by atoms with Gasteiger partial charge in [0, 0.05) is 13.8 Å². The lowest BCUT2D eigenvalue weighted by Crippen LogP contribution is -2.35. The maximum Gasteiger partial charge on any atom is 0.994 e. The fourth-order valence-corrected chi connectivity index (χ4v) is 1.58. The maximum atomic E-state index is 13.1. The zero-order valence-corrected chi connectivity index (χ0v) is 9.20. The van der Waals surface area contributed by atoms with E-state index < -0.39 is 13.1 Å². The Morgan fingerprint density at radius 2 is 2.18 bits per heavy atom. The molecule has 7 heteroatoms. The van der Waals surface area contributed by atoms with Gasteiger partial charge in [-0.05, 0) is 12.1 Å². The van der Waals surface area contributed by atoms with E-state index in [0.717, 1.165) is 0 Å². The average molecular weight is 242 g/mol. The van der Waals surface area contributed by atoms with Crippen LogP contribution in [0, 0.1) is 0 Å². The van der Waals surface area contributed by atoms with Crippen molar-refractivity contribution < 1.29 is 27.2 Å². The van der Waals surface area contributed by atoms with Crippen LogP contribution in [-0.2, 0) is 4.79 Å². The van der Waals surface area contributed by atoms with Gasteiger partial charge in [0.25, 0.3) is 5.78 Å². The molecule has 0 fully saturated rings. The monoisotopic (exact) mass is 242 g/mol. The summed E-state index contributed by atoms with van der Waals surface area (Å²) in [5, 5.41) is 0. The Kier molecular flexibility index (Phi) is 2.61. The van der Waals surface area contributed by atoms with Gasteiger partial charge in [0.1, 0.15) is 11.3 Å². The van der Waals surface area contributed by atoms with E-state index in [9.17, 15) is 13.4 Å². The van der Waals surface area contributed by atoms with Crippen molar-refractivity contribution in [3.8, 4) is 11.5 Å². The molecule has 17 heavy (non-hydrogen) atoms. The Labute approximate surface area is 95.9 Å². The van der Waals surface area contributed by atoms with Crippen molar-refractivity contribution in [1.29, 1.82) is 0 Å². The number of ether oxygens (including phenoxy) is 1. The Morgan fingerprint density at radius 3 is 2.82 bits per heavy atom. The number of hydrogen-bond donors (Lipinski definition) is 0. The Bertz CT molecular complexity index is 513. The molecule has 0 aliphatic carbocycles. The molecule has 1 heterocycles. The minimum Gasteiger partial charge on any atom is -0.566 e. The molecule has 0 spiro atoms. The van der Waals surface area contributed by atoms with Gasteiger partial charge in [-0.15, -0.1) is 0 Å². The van der Waals surface area contributed by atoms with Crippen LogP contribution in [0.4, 0.5) is 8.63 Å². The highest BCUT2D eigenvalue weighted by Crippen LogP contribution is 2.37. The van der Waals surface area contributed by atoms with Gasteiger partial charge in [0.2, 0.25) is 0 Å². The van der Waals surface area contributed by atoms with Gasteiger partial charge < -0.3 is 22.4 Å². The molecule has 0 bridgehead atoms. The summed E-state index contributed by atoms with van der Waals surface area (Å²) in [7, 11) is -4.41. The first-order valence-corrected chi connectivity index (χ1v) is 4.92. The molecular weight excluding hydrogens is 233 g/mol. The van der Waals surface area contributed by atoms with E-state index in [-0.39, 0.29) is 17.3 Å². The summed E-state index contributed by atoms with van der Waals surface area (Å²) in [5.41, 5.74) is 0.344. The molecule has 0 radical (unpaired) electrons. The third-order valence-electron chi connectivity index (χ3n) is 2.18. The van der Waals surface area contributed by atoms with E-state index in [0.29, 0.717) is 5.56 Å². The van der Waals surface area contributed by atoms with Crippen LogP contribution in [-0.4, -0.2) is 18.9 Å². The molecule has 1 aromatic rings. The average Bonchev–Trinajstić information content (AvgIpc) is 2.17. The maximum absolute atomic E-state index is 13.1. The highest BCUT2D eigenvalue weighted by molar-refractivity contribution is 6.52. The van der Waals surface area contributed by atoms with Crippen LogP contribution < -0.4 is 9.39 Å². The number of halogens is 2. The molecule has 0 saturated carbocycles. The minimum atomic E-state index is -4.41. The molecule has 2 rings (SSSR count). The Morgan fingerprint density at radius 1 is 1.47 bits per heavy atom. The van der Waals surface area contributed by atoms with Gasteiger partial charge in [-0.25, -0.2) is 0 Å². The fraction of sp³-hybridized carbons (Fsp3) is 0.200. The fourth-order valence-electron chi connectivity index (χ4n) is 1.58. The lowest BCUT2D eigenvalue weighted by Gasteiger charge is -2.21. The summed E-state index contributed by atoms with van der Waals surface area (Å²) in [5.74, 6) is -0.789. The largest absolute Gasteiger partial charge is 0.994 e. The summed E-state index contributed by atoms with van der Waals surface area (Å²) in [6.45, 7) is 2.58. The number of carbonyl (C=O) groups excluding carboxylic acids is 2. The van der Waals surface area contributed by atoms with E-state index in [1.54, 1.807) is 12.1 Å². The molecular formula is C10H9BF2O4. The number of rotatable bonds is 1. The van der Waals surface area contributed by atoms with Crippen LogP contribution in [0.2, 0.25) is 0 Å². The Balaban J connectivity index is 2.52. The second kappa shape index (κ2) is 3.83. The lowest BCUT2D eigenvalue weighted by molar-refractivity contribution is -0.182. The zero-order valence-electron chi connectivity index (χ0n) is 9.20. The van der Waals surface area contributed by atoms with Crippen LogP contribution in [0.5, 0.6) is 11.5 Å². The SMILES string of the molecule is CC(=O)Oc1cccc2c1O[B-](F)(F)[O+]=C2C. The third-order valence-corrected chi connectivity index (χ3v) is 2.18. The molecule has 0 atom stereocenters. The molecule has 4 nitrogen and oxygen atoms in total. The van der Waals surface area contributed by atoms with E-state index in [1.165, 1.54) is 19.9 Å². The number of para-hydroxylation sites is 1. The molecule has 1 aliphatic heterocycles. The number of esters is 1. The number of hydrogen-bond acceptors (Lipinski definition) is 3. The van der Waals surface area contributed by atoms with E-state index in [1.807, 2.05) is 0 Å². The summed E-state index contributed by atoms with van der Waals surface area (Å²) < 4.78 is 39.8. The smallest absolute Gasteiger partial charge is 0.566 e. The van der Waals surface area contributed by atoms with E-state index in [4.69, 9.17) is 4.74 Å².